The monoisotopic (exact) mass is 307 g/mol. The molecule has 0 bridgehead atoms. The van der Waals surface area contributed by atoms with Gasteiger partial charge in [-0.1, -0.05) is 36.7 Å². The molecular weight excluding hydrogens is 289 g/mol. The lowest BCUT2D eigenvalue weighted by Crippen LogP contribution is -2.13. The van der Waals surface area contributed by atoms with Crippen LogP contribution in [0.5, 0.6) is 5.75 Å². The van der Waals surface area contributed by atoms with Crippen molar-refractivity contribution in [1.82, 2.24) is 5.32 Å². The van der Waals surface area contributed by atoms with Crippen molar-refractivity contribution in [2.75, 3.05) is 6.54 Å². The average Bonchev–Trinajstić information content (AvgIpc) is 2.47. The molecule has 0 radical (unpaired) electrons. The molecule has 0 aliphatic heterocycles. The standard InChI is InChI=1S/C17H19ClFNO/c1-2-8-20-11-13-6-7-17(16(19)10-13)21-12-14-4-3-5-15(18)9-14/h3-7,9-10,20H,2,8,11-12H2,1H3. The minimum atomic E-state index is -0.340. The minimum absolute atomic E-state index is 0.259. The van der Waals surface area contributed by atoms with Gasteiger partial charge in [0.05, 0.1) is 0 Å². The molecule has 0 fully saturated rings. The zero-order chi connectivity index (χ0) is 15.1. The number of hydrogen-bond acceptors (Lipinski definition) is 2. The van der Waals surface area contributed by atoms with Gasteiger partial charge in [-0.2, -0.15) is 0 Å². The highest BCUT2D eigenvalue weighted by atomic mass is 35.5. The summed E-state index contributed by atoms with van der Waals surface area (Å²) >= 11 is 5.90. The van der Waals surface area contributed by atoms with E-state index in [0.717, 1.165) is 24.1 Å². The van der Waals surface area contributed by atoms with Crippen LogP contribution in [-0.2, 0) is 13.2 Å². The van der Waals surface area contributed by atoms with Crippen LogP contribution in [-0.4, -0.2) is 6.54 Å². The van der Waals surface area contributed by atoms with Gasteiger partial charge >= 0.3 is 0 Å². The Morgan fingerprint density at radius 2 is 2.00 bits per heavy atom. The Hall–Kier alpha value is -1.58. The van der Waals surface area contributed by atoms with Gasteiger partial charge in [-0.25, -0.2) is 4.39 Å². The van der Waals surface area contributed by atoms with E-state index < -0.39 is 0 Å². The fourth-order valence-electron chi connectivity index (χ4n) is 1.97. The lowest BCUT2D eigenvalue weighted by atomic mass is 10.2. The predicted octanol–water partition coefficient (Wildman–Crippen LogP) is 4.56. The summed E-state index contributed by atoms with van der Waals surface area (Å²) in [6, 6.07) is 12.4. The van der Waals surface area contributed by atoms with Gasteiger partial charge in [0.15, 0.2) is 11.6 Å². The van der Waals surface area contributed by atoms with Crippen LogP contribution in [0.25, 0.3) is 0 Å². The van der Waals surface area contributed by atoms with Crippen molar-refractivity contribution in [1.29, 1.82) is 0 Å². The highest BCUT2D eigenvalue weighted by Gasteiger charge is 2.05. The highest BCUT2D eigenvalue weighted by molar-refractivity contribution is 6.30. The molecule has 2 aromatic rings. The summed E-state index contributed by atoms with van der Waals surface area (Å²) in [5, 5.41) is 3.89. The van der Waals surface area contributed by atoms with Gasteiger partial charge < -0.3 is 10.1 Å². The quantitative estimate of drug-likeness (QED) is 0.757. The number of ether oxygens (including phenoxy) is 1. The van der Waals surface area contributed by atoms with E-state index in [1.54, 1.807) is 12.1 Å². The number of benzene rings is 2. The predicted molar refractivity (Wildman–Crippen MR) is 84.2 cm³/mol. The van der Waals surface area contributed by atoms with Gasteiger partial charge in [0.1, 0.15) is 6.61 Å². The molecule has 21 heavy (non-hydrogen) atoms. The van der Waals surface area contributed by atoms with Gasteiger partial charge in [-0.15, -0.1) is 0 Å². The summed E-state index contributed by atoms with van der Waals surface area (Å²) < 4.78 is 19.5. The van der Waals surface area contributed by atoms with Crippen LogP contribution in [0.2, 0.25) is 5.02 Å². The maximum absolute atomic E-state index is 14.0. The first kappa shape index (κ1) is 15.8. The van der Waals surface area contributed by atoms with Crippen LogP contribution in [0, 0.1) is 5.82 Å². The second kappa shape index (κ2) is 8.01. The maximum Gasteiger partial charge on any atom is 0.165 e. The smallest absolute Gasteiger partial charge is 0.165 e. The number of hydrogen-bond donors (Lipinski definition) is 1. The summed E-state index contributed by atoms with van der Waals surface area (Å²) in [6.45, 7) is 3.99. The molecule has 0 heterocycles. The third-order valence-corrected chi connectivity index (χ3v) is 3.27. The molecule has 2 aromatic carbocycles. The van der Waals surface area contributed by atoms with E-state index >= 15 is 0 Å². The number of halogens is 2. The molecule has 0 atom stereocenters. The maximum atomic E-state index is 14.0. The van der Waals surface area contributed by atoms with Crippen LogP contribution in [0.15, 0.2) is 42.5 Å². The summed E-state index contributed by atoms with van der Waals surface area (Å²) in [6.07, 6.45) is 1.06. The molecule has 0 saturated heterocycles. The SMILES string of the molecule is CCCNCc1ccc(OCc2cccc(Cl)c2)c(F)c1. The highest BCUT2D eigenvalue weighted by Crippen LogP contribution is 2.20. The van der Waals surface area contributed by atoms with E-state index in [2.05, 4.69) is 12.2 Å². The molecule has 0 unspecified atom stereocenters. The van der Waals surface area contributed by atoms with E-state index in [9.17, 15) is 4.39 Å². The topological polar surface area (TPSA) is 21.3 Å². The third-order valence-electron chi connectivity index (χ3n) is 3.04. The molecule has 2 rings (SSSR count). The Bertz CT molecular complexity index is 589. The third kappa shape index (κ3) is 5.03. The van der Waals surface area contributed by atoms with Crippen molar-refractivity contribution in [2.45, 2.75) is 26.5 Å². The zero-order valence-corrected chi connectivity index (χ0v) is 12.8. The van der Waals surface area contributed by atoms with Crippen LogP contribution < -0.4 is 10.1 Å². The van der Waals surface area contributed by atoms with E-state index in [1.165, 1.54) is 6.07 Å². The fraction of sp³-hybridized carbons (Fsp3) is 0.294. The molecule has 0 spiro atoms. The normalized spacial score (nSPS) is 10.6. The Balaban J connectivity index is 1.94. The molecule has 1 N–H and O–H groups in total. The molecular formula is C17H19ClFNO. The first-order valence-corrected chi connectivity index (χ1v) is 7.43. The van der Waals surface area contributed by atoms with Crippen LogP contribution >= 0.6 is 11.6 Å². The number of nitrogens with one attached hydrogen (secondary N) is 1. The van der Waals surface area contributed by atoms with Crippen molar-refractivity contribution in [2.24, 2.45) is 0 Å². The lowest BCUT2D eigenvalue weighted by molar-refractivity contribution is 0.290. The summed E-state index contributed by atoms with van der Waals surface area (Å²) in [5.41, 5.74) is 1.83. The fourth-order valence-corrected chi connectivity index (χ4v) is 2.18. The second-order valence-corrected chi connectivity index (χ2v) is 5.30. The van der Waals surface area contributed by atoms with E-state index in [-0.39, 0.29) is 11.6 Å². The Morgan fingerprint density at radius 3 is 2.71 bits per heavy atom. The number of rotatable bonds is 7. The van der Waals surface area contributed by atoms with Gasteiger partial charge in [-0.3, -0.25) is 0 Å². The Labute approximate surface area is 129 Å². The van der Waals surface area contributed by atoms with Crippen molar-refractivity contribution in [3.8, 4) is 5.75 Å². The van der Waals surface area contributed by atoms with E-state index in [4.69, 9.17) is 16.3 Å². The Kier molecular flexibility index (Phi) is 6.03. The summed E-state index contributed by atoms with van der Waals surface area (Å²) in [4.78, 5) is 0. The molecule has 0 aromatic heterocycles. The van der Waals surface area contributed by atoms with Crippen molar-refractivity contribution in [3.05, 3.63) is 64.4 Å². The lowest BCUT2D eigenvalue weighted by Gasteiger charge is -2.09. The molecule has 0 amide bonds. The molecule has 4 heteroatoms. The van der Waals surface area contributed by atoms with Gasteiger partial charge in [0, 0.05) is 11.6 Å². The van der Waals surface area contributed by atoms with Crippen LogP contribution in [0.4, 0.5) is 4.39 Å². The van der Waals surface area contributed by atoms with Crippen molar-refractivity contribution >= 4 is 11.6 Å². The molecule has 0 aliphatic carbocycles. The van der Waals surface area contributed by atoms with Crippen molar-refractivity contribution < 1.29 is 9.13 Å². The largest absolute Gasteiger partial charge is 0.486 e. The Morgan fingerprint density at radius 1 is 1.14 bits per heavy atom. The van der Waals surface area contributed by atoms with Gasteiger partial charge in [0.2, 0.25) is 0 Å². The first-order chi connectivity index (χ1) is 10.2. The minimum Gasteiger partial charge on any atom is -0.486 e. The zero-order valence-electron chi connectivity index (χ0n) is 12.0. The first-order valence-electron chi connectivity index (χ1n) is 7.05. The van der Waals surface area contributed by atoms with Gasteiger partial charge in [-0.05, 0) is 48.4 Å². The average molecular weight is 308 g/mol. The molecule has 0 aliphatic rings. The van der Waals surface area contributed by atoms with Crippen LogP contribution in [0.3, 0.4) is 0 Å². The van der Waals surface area contributed by atoms with Crippen molar-refractivity contribution in [3.63, 3.8) is 0 Å². The second-order valence-electron chi connectivity index (χ2n) is 4.86. The molecule has 112 valence electrons. The van der Waals surface area contributed by atoms with E-state index in [0.29, 0.717) is 18.2 Å². The summed E-state index contributed by atoms with van der Waals surface area (Å²) in [5.74, 6) is -0.0814. The van der Waals surface area contributed by atoms with Gasteiger partial charge in [0.25, 0.3) is 0 Å². The van der Waals surface area contributed by atoms with Crippen LogP contribution in [0.1, 0.15) is 24.5 Å². The van der Waals surface area contributed by atoms with E-state index in [1.807, 2.05) is 24.3 Å². The molecule has 0 saturated carbocycles. The summed E-state index contributed by atoms with van der Waals surface area (Å²) in [7, 11) is 0. The molecule has 2 nitrogen and oxygen atoms in total.